The molecule has 3 aromatic rings. The molecule has 0 spiro atoms. The van der Waals surface area contributed by atoms with Crippen LogP contribution in [0.1, 0.15) is 45.6 Å². The van der Waals surface area contributed by atoms with Crippen LogP contribution in [0.25, 0.3) is 11.1 Å². The van der Waals surface area contributed by atoms with Crippen LogP contribution in [-0.2, 0) is 17.8 Å². The lowest BCUT2D eigenvalue weighted by atomic mass is 9.92. The van der Waals surface area contributed by atoms with E-state index >= 15 is 0 Å². The summed E-state index contributed by atoms with van der Waals surface area (Å²) in [6, 6.07) is 8.69. The lowest BCUT2D eigenvalue weighted by molar-refractivity contribution is -0.112. The van der Waals surface area contributed by atoms with Crippen LogP contribution in [0.15, 0.2) is 36.5 Å². The fourth-order valence-corrected chi connectivity index (χ4v) is 4.45. The number of alkyl halides is 2. The number of nitrogens with zero attached hydrogens (tertiary/aromatic N) is 2. The molecule has 0 radical (unpaired) electrons. The topological polar surface area (TPSA) is 78.1 Å². The van der Waals surface area contributed by atoms with Gasteiger partial charge in [-0.2, -0.15) is 5.10 Å². The smallest absolute Gasteiger partial charge is 0.296 e. The Balaban J connectivity index is 1.51. The zero-order valence-corrected chi connectivity index (χ0v) is 16.8. The van der Waals surface area contributed by atoms with E-state index in [1.807, 2.05) is 12.1 Å². The number of carbonyl (C=O) groups excluding carboxylic acids is 2. The SMILES string of the molecule is Cc1n[nH]cc1-c1cc2c(cc1C(F)F)N(Cc1ccc3c(c1)NC(=O)C3=O)CCC2. The van der Waals surface area contributed by atoms with E-state index in [4.69, 9.17) is 0 Å². The number of anilines is 2. The average Bonchev–Trinajstić information content (AvgIpc) is 3.29. The molecule has 8 heteroatoms. The highest BCUT2D eigenvalue weighted by Gasteiger charge is 2.29. The predicted octanol–water partition coefficient (Wildman–Crippen LogP) is 4.41. The Morgan fingerprint density at radius 3 is 2.71 bits per heavy atom. The van der Waals surface area contributed by atoms with E-state index in [0.717, 1.165) is 36.2 Å². The molecule has 2 aliphatic heterocycles. The minimum atomic E-state index is -2.61. The van der Waals surface area contributed by atoms with Crippen molar-refractivity contribution < 1.29 is 18.4 Å². The van der Waals surface area contributed by atoms with Crippen LogP contribution < -0.4 is 10.2 Å². The van der Waals surface area contributed by atoms with Crippen LogP contribution in [0.4, 0.5) is 20.2 Å². The number of fused-ring (bicyclic) bond motifs is 2. The number of aromatic nitrogens is 2. The summed E-state index contributed by atoms with van der Waals surface area (Å²) < 4.78 is 28.0. The van der Waals surface area contributed by atoms with Crippen molar-refractivity contribution >= 4 is 23.1 Å². The molecule has 2 aromatic carbocycles. The predicted molar refractivity (Wildman–Crippen MR) is 112 cm³/mol. The molecule has 158 valence electrons. The van der Waals surface area contributed by atoms with Gasteiger partial charge in [-0.1, -0.05) is 6.07 Å². The maximum Gasteiger partial charge on any atom is 0.296 e. The first-order valence-corrected chi connectivity index (χ1v) is 10.1. The number of hydrogen-bond donors (Lipinski definition) is 2. The number of H-pyrrole nitrogens is 1. The largest absolute Gasteiger partial charge is 0.367 e. The molecular formula is C23H20F2N4O2. The van der Waals surface area contributed by atoms with E-state index in [9.17, 15) is 18.4 Å². The standard InChI is InChI=1S/C23H20F2N4O2/c1-12-18(10-26-28-12)16-8-14-3-2-6-29(20(14)9-17(16)22(24)25)11-13-4-5-15-19(7-13)27-23(31)21(15)30/h4-5,7-10,22H,2-3,6,11H2,1H3,(H,26,28)(H,27,30,31). The van der Waals surface area contributed by atoms with Crippen molar-refractivity contribution in [2.45, 2.75) is 32.7 Å². The minimum absolute atomic E-state index is 0.0121. The Bertz CT molecular complexity index is 1220. The van der Waals surface area contributed by atoms with E-state index in [1.165, 1.54) is 0 Å². The van der Waals surface area contributed by atoms with Crippen molar-refractivity contribution in [2.24, 2.45) is 0 Å². The zero-order chi connectivity index (χ0) is 21.7. The van der Waals surface area contributed by atoms with Crippen molar-refractivity contribution in [1.29, 1.82) is 0 Å². The molecule has 0 fully saturated rings. The van der Waals surface area contributed by atoms with E-state index < -0.39 is 18.1 Å². The first-order chi connectivity index (χ1) is 14.9. The molecule has 0 aliphatic carbocycles. The second-order valence-electron chi connectivity index (χ2n) is 7.94. The van der Waals surface area contributed by atoms with Gasteiger partial charge in [-0.05, 0) is 60.7 Å². The number of hydrogen-bond acceptors (Lipinski definition) is 4. The van der Waals surface area contributed by atoms with Gasteiger partial charge in [0.2, 0.25) is 0 Å². The highest BCUT2D eigenvalue weighted by Crippen LogP contribution is 2.40. The number of ketones is 1. The third-order valence-corrected chi connectivity index (χ3v) is 5.98. The third-order valence-electron chi connectivity index (χ3n) is 5.98. The molecule has 1 aromatic heterocycles. The van der Waals surface area contributed by atoms with Crippen molar-refractivity contribution in [3.8, 4) is 11.1 Å². The molecule has 0 saturated carbocycles. The first-order valence-electron chi connectivity index (χ1n) is 10.1. The summed E-state index contributed by atoms with van der Waals surface area (Å²) in [4.78, 5) is 25.5. The first kappa shape index (κ1) is 19.4. The Hall–Kier alpha value is -3.55. The number of carbonyl (C=O) groups is 2. The normalized spacial score (nSPS) is 15.3. The van der Waals surface area contributed by atoms with Crippen molar-refractivity contribution in [2.75, 3.05) is 16.8 Å². The molecule has 0 atom stereocenters. The van der Waals surface area contributed by atoms with Crippen molar-refractivity contribution in [1.82, 2.24) is 10.2 Å². The fraction of sp³-hybridized carbons (Fsp3) is 0.261. The van der Waals surface area contributed by atoms with Gasteiger partial charge in [0.05, 0.1) is 16.9 Å². The number of benzene rings is 2. The van der Waals surface area contributed by atoms with E-state index in [0.29, 0.717) is 34.6 Å². The minimum Gasteiger partial charge on any atom is -0.367 e. The van der Waals surface area contributed by atoms with Gasteiger partial charge in [0, 0.05) is 36.1 Å². The second kappa shape index (κ2) is 7.30. The molecule has 3 heterocycles. The molecular weight excluding hydrogens is 402 g/mol. The maximum absolute atomic E-state index is 14.0. The summed E-state index contributed by atoms with van der Waals surface area (Å²) >= 11 is 0. The van der Waals surface area contributed by atoms with Crippen LogP contribution >= 0.6 is 0 Å². The highest BCUT2D eigenvalue weighted by atomic mass is 19.3. The summed E-state index contributed by atoms with van der Waals surface area (Å²) in [5.74, 6) is -1.16. The quantitative estimate of drug-likeness (QED) is 0.611. The molecule has 2 N–H and O–H groups in total. The Labute approximate surface area is 177 Å². The molecule has 6 nitrogen and oxygen atoms in total. The number of amides is 1. The molecule has 0 unspecified atom stereocenters. The zero-order valence-electron chi connectivity index (χ0n) is 16.8. The van der Waals surface area contributed by atoms with Gasteiger partial charge in [-0.25, -0.2) is 8.78 Å². The van der Waals surface area contributed by atoms with Gasteiger partial charge < -0.3 is 10.2 Å². The summed E-state index contributed by atoms with van der Waals surface area (Å²) in [5.41, 5.74) is 5.47. The number of nitrogens with one attached hydrogen (secondary N) is 2. The second-order valence-corrected chi connectivity index (χ2v) is 7.94. The summed E-state index contributed by atoms with van der Waals surface area (Å²) in [6.45, 7) is 3.03. The summed E-state index contributed by atoms with van der Waals surface area (Å²) in [6.07, 6.45) is 0.766. The van der Waals surface area contributed by atoms with Gasteiger partial charge >= 0.3 is 0 Å². The molecule has 1 amide bonds. The van der Waals surface area contributed by atoms with Gasteiger partial charge in [0.15, 0.2) is 0 Å². The van der Waals surface area contributed by atoms with Crippen LogP contribution in [0.2, 0.25) is 0 Å². The van der Waals surface area contributed by atoms with Crippen molar-refractivity contribution in [3.05, 3.63) is 64.5 Å². The molecule has 2 aliphatic rings. The number of aromatic amines is 1. The Kier molecular flexibility index (Phi) is 4.57. The third kappa shape index (κ3) is 3.28. The highest BCUT2D eigenvalue weighted by molar-refractivity contribution is 6.51. The molecule has 31 heavy (non-hydrogen) atoms. The number of aryl methyl sites for hydroxylation is 2. The Morgan fingerprint density at radius 1 is 1.13 bits per heavy atom. The van der Waals surface area contributed by atoms with E-state index in [1.54, 1.807) is 31.3 Å². The number of rotatable bonds is 4. The fourth-order valence-electron chi connectivity index (χ4n) is 4.45. The molecule has 0 saturated heterocycles. The van der Waals surface area contributed by atoms with Gasteiger partial charge in [-0.15, -0.1) is 0 Å². The van der Waals surface area contributed by atoms with Gasteiger partial charge in [0.1, 0.15) is 0 Å². The lowest BCUT2D eigenvalue weighted by Gasteiger charge is -2.32. The average molecular weight is 422 g/mol. The number of Topliss-reactive ketones (excluding diaryl/α,β-unsaturated/α-hetero) is 1. The van der Waals surface area contributed by atoms with Gasteiger partial charge in [0.25, 0.3) is 18.1 Å². The van der Waals surface area contributed by atoms with E-state index in [-0.39, 0.29) is 5.56 Å². The summed E-state index contributed by atoms with van der Waals surface area (Å²) in [7, 11) is 0. The molecule has 0 bridgehead atoms. The van der Waals surface area contributed by atoms with Crippen LogP contribution in [0.3, 0.4) is 0 Å². The van der Waals surface area contributed by atoms with Crippen LogP contribution in [-0.4, -0.2) is 28.4 Å². The van der Waals surface area contributed by atoms with Gasteiger partial charge in [-0.3, -0.25) is 14.7 Å². The summed E-state index contributed by atoms with van der Waals surface area (Å²) in [5, 5.41) is 9.41. The molecule has 5 rings (SSSR count). The van der Waals surface area contributed by atoms with Crippen molar-refractivity contribution in [3.63, 3.8) is 0 Å². The van der Waals surface area contributed by atoms with Crippen LogP contribution in [0.5, 0.6) is 0 Å². The van der Waals surface area contributed by atoms with Crippen LogP contribution in [0, 0.1) is 6.92 Å². The maximum atomic E-state index is 14.0. The van der Waals surface area contributed by atoms with E-state index in [2.05, 4.69) is 20.4 Å². The lowest BCUT2D eigenvalue weighted by Crippen LogP contribution is -2.29. The number of halogens is 2. The monoisotopic (exact) mass is 422 g/mol. The Morgan fingerprint density at radius 2 is 1.97 bits per heavy atom.